The van der Waals surface area contributed by atoms with E-state index in [0.717, 1.165) is 5.56 Å². The van der Waals surface area contributed by atoms with E-state index in [9.17, 15) is 9.59 Å². The predicted octanol–water partition coefficient (Wildman–Crippen LogP) is -0.404. The second kappa shape index (κ2) is 6.75. The van der Waals surface area contributed by atoms with Crippen LogP contribution in [0, 0.1) is 0 Å². The van der Waals surface area contributed by atoms with Crippen molar-refractivity contribution in [2.75, 3.05) is 13.1 Å². The van der Waals surface area contributed by atoms with Crippen LogP contribution in [0.25, 0.3) is 0 Å². The predicted molar refractivity (Wildman–Crippen MR) is 71.2 cm³/mol. The van der Waals surface area contributed by atoms with Crippen molar-refractivity contribution in [1.29, 1.82) is 0 Å². The molecule has 1 aromatic carbocycles. The van der Waals surface area contributed by atoms with E-state index in [0.29, 0.717) is 13.0 Å². The molecule has 6 heteroatoms. The lowest BCUT2D eigenvalue weighted by molar-refractivity contribution is -0.136. The zero-order valence-corrected chi connectivity index (χ0v) is 10.9. The van der Waals surface area contributed by atoms with Crippen LogP contribution < -0.4 is 11.5 Å². The number of amides is 2. The number of phenols is 1. The minimum Gasteiger partial charge on any atom is -0.508 e. The Morgan fingerprint density at radius 1 is 1.32 bits per heavy atom. The molecule has 1 atom stereocenters. The Balaban J connectivity index is 2.65. The van der Waals surface area contributed by atoms with Gasteiger partial charge in [-0.1, -0.05) is 12.1 Å². The number of primary amides is 1. The highest BCUT2D eigenvalue weighted by molar-refractivity contribution is 5.86. The van der Waals surface area contributed by atoms with E-state index in [4.69, 9.17) is 16.6 Å². The second-order valence-corrected chi connectivity index (χ2v) is 4.30. The fraction of sp³-hybridized carbons (Fsp3) is 0.385. The van der Waals surface area contributed by atoms with Gasteiger partial charge in [-0.15, -0.1) is 0 Å². The number of likely N-dealkylation sites (N-methyl/N-ethyl adjacent to an activating group) is 1. The molecular formula is C13H19N3O3. The Labute approximate surface area is 112 Å². The van der Waals surface area contributed by atoms with Crippen LogP contribution >= 0.6 is 0 Å². The fourth-order valence-corrected chi connectivity index (χ4v) is 1.74. The van der Waals surface area contributed by atoms with Gasteiger partial charge >= 0.3 is 0 Å². The Morgan fingerprint density at radius 2 is 1.89 bits per heavy atom. The zero-order valence-electron chi connectivity index (χ0n) is 10.9. The number of carbonyl (C=O) groups is 2. The minimum atomic E-state index is -0.733. The summed E-state index contributed by atoms with van der Waals surface area (Å²) in [4.78, 5) is 24.2. The van der Waals surface area contributed by atoms with Crippen molar-refractivity contribution in [2.45, 2.75) is 19.4 Å². The van der Waals surface area contributed by atoms with E-state index in [1.54, 1.807) is 19.1 Å². The lowest BCUT2D eigenvalue weighted by Crippen LogP contribution is -2.47. The first-order valence-corrected chi connectivity index (χ1v) is 6.04. The van der Waals surface area contributed by atoms with Gasteiger partial charge in [0.05, 0.1) is 12.6 Å². The summed E-state index contributed by atoms with van der Waals surface area (Å²) < 4.78 is 0. The number of carbonyl (C=O) groups excluding carboxylic acids is 2. The van der Waals surface area contributed by atoms with Gasteiger partial charge in [0.15, 0.2) is 0 Å². The van der Waals surface area contributed by atoms with Crippen molar-refractivity contribution < 1.29 is 14.7 Å². The van der Waals surface area contributed by atoms with E-state index >= 15 is 0 Å². The molecule has 0 bridgehead atoms. The minimum absolute atomic E-state index is 0.126. The number of hydrogen-bond acceptors (Lipinski definition) is 4. The van der Waals surface area contributed by atoms with Gasteiger partial charge < -0.3 is 21.5 Å². The molecule has 1 rings (SSSR count). The van der Waals surface area contributed by atoms with Gasteiger partial charge in [0.1, 0.15) is 5.75 Å². The summed E-state index contributed by atoms with van der Waals surface area (Å²) >= 11 is 0. The summed E-state index contributed by atoms with van der Waals surface area (Å²) in [5.41, 5.74) is 11.7. The summed E-state index contributed by atoms with van der Waals surface area (Å²) in [5.74, 6) is -0.714. The molecule has 2 amide bonds. The van der Waals surface area contributed by atoms with Gasteiger partial charge in [-0.2, -0.15) is 0 Å². The first-order valence-electron chi connectivity index (χ1n) is 6.04. The van der Waals surface area contributed by atoms with Crippen LogP contribution in [0.1, 0.15) is 12.5 Å². The fourth-order valence-electron chi connectivity index (χ4n) is 1.74. The molecule has 0 spiro atoms. The van der Waals surface area contributed by atoms with Crippen LogP contribution in [0.15, 0.2) is 24.3 Å². The van der Waals surface area contributed by atoms with Gasteiger partial charge in [0.2, 0.25) is 11.8 Å². The molecule has 0 fully saturated rings. The Kier molecular flexibility index (Phi) is 5.32. The average molecular weight is 265 g/mol. The number of rotatable bonds is 6. The zero-order chi connectivity index (χ0) is 14.4. The molecule has 104 valence electrons. The number of nitrogens with two attached hydrogens (primary N) is 2. The van der Waals surface area contributed by atoms with Crippen molar-refractivity contribution in [1.82, 2.24) is 4.90 Å². The molecular weight excluding hydrogens is 246 g/mol. The maximum Gasteiger partial charge on any atom is 0.240 e. The van der Waals surface area contributed by atoms with Gasteiger partial charge in [-0.25, -0.2) is 0 Å². The van der Waals surface area contributed by atoms with Crippen LogP contribution in [0.5, 0.6) is 5.75 Å². The van der Waals surface area contributed by atoms with Crippen molar-refractivity contribution >= 4 is 11.8 Å². The highest BCUT2D eigenvalue weighted by atomic mass is 16.3. The summed E-state index contributed by atoms with van der Waals surface area (Å²) in [7, 11) is 0. The third-order valence-corrected chi connectivity index (χ3v) is 2.75. The highest BCUT2D eigenvalue weighted by Crippen LogP contribution is 2.11. The van der Waals surface area contributed by atoms with Gasteiger partial charge in [0.25, 0.3) is 0 Å². The molecule has 0 aliphatic carbocycles. The molecule has 1 aromatic rings. The SMILES string of the molecule is CCN(CC(N)=O)C(=O)C(N)Cc1ccc(O)cc1. The van der Waals surface area contributed by atoms with Gasteiger partial charge in [-0.3, -0.25) is 9.59 Å². The van der Waals surface area contributed by atoms with Crippen LogP contribution in [0.2, 0.25) is 0 Å². The number of aromatic hydroxyl groups is 1. The lowest BCUT2D eigenvalue weighted by Gasteiger charge is -2.23. The molecule has 0 saturated heterocycles. The number of hydrogen-bond donors (Lipinski definition) is 3. The highest BCUT2D eigenvalue weighted by Gasteiger charge is 2.21. The number of phenolic OH excluding ortho intramolecular Hbond substituents is 1. The van der Waals surface area contributed by atoms with Crippen molar-refractivity contribution in [2.24, 2.45) is 11.5 Å². The smallest absolute Gasteiger partial charge is 0.240 e. The molecule has 0 aliphatic heterocycles. The van der Waals surface area contributed by atoms with Crippen LogP contribution in [-0.4, -0.2) is 41.0 Å². The van der Waals surface area contributed by atoms with Gasteiger partial charge in [-0.05, 0) is 31.0 Å². The summed E-state index contributed by atoms with van der Waals surface area (Å²) in [6, 6.07) is 5.74. The number of benzene rings is 1. The average Bonchev–Trinajstić information content (AvgIpc) is 2.37. The maximum atomic E-state index is 12.0. The lowest BCUT2D eigenvalue weighted by atomic mass is 10.1. The molecule has 0 aromatic heterocycles. The van der Waals surface area contributed by atoms with E-state index in [1.165, 1.54) is 17.0 Å². The third kappa shape index (κ3) is 4.59. The van der Waals surface area contributed by atoms with Crippen molar-refractivity contribution in [3.63, 3.8) is 0 Å². The quantitative estimate of drug-likeness (QED) is 0.649. The molecule has 0 radical (unpaired) electrons. The molecule has 0 saturated carbocycles. The summed E-state index contributed by atoms with van der Waals surface area (Å²) in [6.07, 6.45) is 0.342. The Hall–Kier alpha value is -2.08. The first kappa shape index (κ1) is 15.0. The second-order valence-electron chi connectivity index (χ2n) is 4.30. The van der Waals surface area contributed by atoms with E-state index in [2.05, 4.69) is 0 Å². The molecule has 0 aliphatic rings. The van der Waals surface area contributed by atoms with Crippen molar-refractivity contribution in [3.8, 4) is 5.75 Å². The van der Waals surface area contributed by atoms with Gasteiger partial charge in [0, 0.05) is 6.54 Å². The Morgan fingerprint density at radius 3 is 2.37 bits per heavy atom. The molecule has 19 heavy (non-hydrogen) atoms. The molecule has 5 N–H and O–H groups in total. The van der Waals surface area contributed by atoms with Crippen LogP contribution in [0.4, 0.5) is 0 Å². The normalized spacial score (nSPS) is 11.9. The van der Waals surface area contributed by atoms with E-state index < -0.39 is 11.9 Å². The van der Waals surface area contributed by atoms with E-state index in [-0.39, 0.29) is 18.2 Å². The largest absolute Gasteiger partial charge is 0.508 e. The first-order chi connectivity index (χ1) is 8.93. The molecule has 6 nitrogen and oxygen atoms in total. The van der Waals surface area contributed by atoms with E-state index in [1.807, 2.05) is 0 Å². The monoisotopic (exact) mass is 265 g/mol. The maximum absolute atomic E-state index is 12.0. The van der Waals surface area contributed by atoms with Crippen LogP contribution in [-0.2, 0) is 16.0 Å². The van der Waals surface area contributed by atoms with Crippen LogP contribution in [0.3, 0.4) is 0 Å². The topological polar surface area (TPSA) is 110 Å². The Bertz CT molecular complexity index is 445. The number of nitrogens with zero attached hydrogens (tertiary/aromatic N) is 1. The summed E-state index contributed by atoms with van der Waals surface area (Å²) in [5, 5.41) is 9.17. The standard InChI is InChI=1S/C13H19N3O3/c1-2-16(8-12(15)18)13(19)11(14)7-9-3-5-10(17)6-4-9/h3-6,11,17H,2,7-8,14H2,1H3,(H2,15,18). The molecule has 1 unspecified atom stereocenters. The molecule has 0 heterocycles. The summed E-state index contributed by atoms with van der Waals surface area (Å²) in [6.45, 7) is 2.01. The van der Waals surface area contributed by atoms with Crippen molar-refractivity contribution in [3.05, 3.63) is 29.8 Å². The third-order valence-electron chi connectivity index (χ3n) is 2.75.